The summed E-state index contributed by atoms with van der Waals surface area (Å²) in [6, 6.07) is 8.83. The molecule has 0 bridgehead atoms. The lowest BCUT2D eigenvalue weighted by Gasteiger charge is -2.34. The zero-order valence-corrected chi connectivity index (χ0v) is 19.0. The molecule has 1 fully saturated rings. The molecule has 1 unspecified atom stereocenters. The molecule has 2 aliphatic heterocycles. The van der Waals surface area contributed by atoms with E-state index in [1.807, 2.05) is 13.0 Å². The maximum absolute atomic E-state index is 15.2. The first-order valence-corrected chi connectivity index (χ1v) is 11.3. The molecule has 1 aromatic carbocycles. The second-order valence-corrected chi connectivity index (χ2v) is 8.83. The van der Waals surface area contributed by atoms with Crippen LogP contribution < -0.4 is 9.64 Å². The Morgan fingerprint density at radius 1 is 1.35 bits per heavy atom. The monoisotopic (exact) mass is 461 g/mol. The number of nitrogens with zero attached hydrogens (tertiary/aromatic N) is 5. The van der Waals surface area contributed by atoms with Crippen LogP contribution in [0.4, 0.5) is 10.1 Å². The number of aryl methyl sites for hydroxylation is 1. The second kappa shape index (κ2) is 8.45. The summed E-state index contributed by atoms with van der Waals surface area (Å²) < 4.78 is 22.4. The fourth-order valence-corrected chi connectivity index (χ4v) is 4.85. The van der Waals surface area contributed by atoms with E-state index >= 15 is 4.39 Å². The number of anilines is 1. The highest BCUT2D eigenvalue weighted by Crippen LogP contribution is 2.40. The first kappa shape index (κ1) is 21.9. The van der Waals surface area contributed by atoms with E-state index in [1.165, 1.54) is 11.0 Å². The summed E-state index contributed by atoms with van der Waals surface area (Å²) in [7, 11) is 0. The van der Waals surface area contributed by atoms with Crippen LogP contribution in [0.25, 0.3) is 5.65 Å². The van der Waals surface area contributed by atoms with Gasteiger partial charge in [-0.25, -0.2) is 9.37 Å². The van der Waals surface area contributed by atoms with E-state index in [0.717, 1.165) is 29.8 Å². The van der Waals surface area contributed by atoms with E-state index in [-0.39, 0.29) is 36.6 Å². The quantitative estimate of drug-likeness (QED) is 0.597. The van der Waals surface area contributed by atoms with Gasteiger partial charge in [-0.05, 0) is 49.6 Å². The third kappa shape index (κ3) is 3.75. The van der Waals surface area contributed by atoms with Crippen molar-refractivity contribution in [3.63, 3.8) is 0 Å². The number of halogens is 1. The normalized spacial score (nSPS) is 17.9. The summed E-state index contributed by atoms with van der Waals surface area (Å²) in [6.45, 7) is 4.50. The number of carbonyl (C=O) groups is 2. The molecular weight excluding hydrogens is 437 g/mol. The molecule has 1 atom stereocenters. The molecule has 1 saturated heterocycles. The third-order valence-electron chi connectivity index (χ3n) is 6.67. The molecule has 2 aromatic heterocycles. The molecule has 34 heavy (non-hydrogen) atoms. The number of imidazole rings is 1. The molecule has 5 rings (SSSR count). The zero-order valence-electron chi connectivity index (χ0n) is 19.0. The molecule has 3 aromatic rings. The molecule has 4 heterocycles. The van der Waals surface area contributed by atoms with Crippen molar-refractivity contribution in [2.24, 2.45) is 0 Å². The maximum Gasteiger partial charge on any atom is 0.265 e. The standard InChI is InChI=1S/C25H24FN5O3/c1-15-22(30-11-17(10-27)5-6-23(30)28-15)13-31-21-9-19(8-20(26)25(21)34-14-24(31)33)18-4-3-7-29(12-18)16(2)32/h5-6,8-9,11,18H,3-4,7,12-14H2,1-2H3. The Morgan fingerprint density at radius 3 is 2.94 bits per heavy atom. The van der Waals surface area contributed by atoms with E-state index in [1.54, 1.807) is 34.6 Å². The lowest BCUT2D eigenvalue weighted by atomic mass is 9.89. The minimum atomic E-state index is -0.522. The van der Waals surface area contributed by atoms with E-state index < -0.39 is 5.82 Å². The van der Waals surface area contributed by atoms with Crippen molar-refractivity contribution in [2.45, 2.75) is 39.2 Å². The number of aromatic nitrogens is 2. The highest BCUT2D eigenvalue weighted by molar-refractivity contribution is 5.98. The summed E-state index contributed by atoms with van der Waals surface area (Å²) >= 11 is 0. The molecule has 2 aliphatic rings. The highest BCUT2D eigenvalue weighted by atomic mass is 19.1. The first-order valence-electron chi connectivity index (χ1n) is 11.3. The summed E-state index contributed by atoms with van der Waals surface area (Å²) in [4.78, 5) is 32.7. The van der Waals surface area contributed by atoms with Crippen LogP contribution in [0.3, 0.4) is 0 Å². The summed E-state index contributed by atoms with van der Waals surface area (Å²) in [5.74, 6) is -0.780. The van der Waals surface area contributed by atoms with Crippen LogP contribution in [0.1, 0.15) is 48.2 Å². The maximum atomic E-state index is 15.2. The van der Waals surface area contributed by atoms with Crippen LogP contribution >= 0.6 is 0 Å². The summed E-state index contributed by atoms with van der Waals surface area (Å²) in [6.07, 6.45) is 3.36. The highest BCUT2D eigenvalue weighted by Gasteiger charge is 2.32. The van der Waals surface area contributed by atoms with Gasteiger partial charge in [-0.3, -0.25) is 14.5 Å². The van der Waals surface area contributed by atoms with Gasteiger partial charge in [0.1, 0.15) is 11.7 Å². The fraction of sp³-hybridized carbons (Fsp3) is 0.360. The van der Waals surface area contributed by atoms with Crippen LogP contribution in [0.5, 0.6) is 5.75 Å². The van der Waals surface area contributed by atoms with Gasteiger partial charge in [-0.2, -0.15) is 5.26 Å². The Labute approximate surface area is 196 Å². The zero-order chi connectivity index (χ0) is 24.0. The van der Waals surface area contributed by atoms with Crippen molar-refractivity contribution in [3.05, 3.63) is 58.8 Å². The van der Waals surface area contributed by atoms with Gasteiger partial charge in [0.05, 0.1) is 29.2 Å². The van der Waals surface area contributed by atoms with E-state index in [2.05, 4.69) is 11.1 Å². The third-order valence-corrected chi connectivity index (χ3v) is 6.67. The molecule has 2 amide bonds. The van der Waals surface area contributed by atoms with Crippen molar-refractivity contribution >= 4 is 23.1 Å². The van der Waals surface area contributed by atoms with Crippen LogP contribution in [0.15, 0.2) is 30.5 Å². The number of piperidine rings is 1. The van der Waals surface area contributed by atoms with Gasteiger partial charge in [0.2, 0.25) is 5.91 Å². The number of benzene rings is 1. The van der Waals surface area contributed by atoms with Gasteiger partial charge in [0.25, 0.3) is 5.91 Å². The molecule has 0 spiro atoms. The molecule has 8 nitrogen and oxygen atoms in total. The van der Waals surface area contributed by atoms with E-state index in [0.29, 0.717) is 30.0 Å². The SMILES string of the molecule is CC(=O)N1CCCC(c2cc(F)c3c(c2)N(Cc2c(C)nc4ccc(C#N)cn24)C(=O)CO3)C1. The van der Waals surface area contributed by atoms with Gasteiger partial charge in [-0.15, -0.1) is 0 Å². The predicted octanol–water partition coefficient (Wildman–Crippen LogP) is 3.31. The number of amides is 2. The summed E-state index contributed by atoms with van der Waals surface area (Å²) in [5.41, 5.74) is 3.71. The Kier molecular flexibility index (Phi) is 5.44. The van der Waals surface area contributed by atoms with Crippen molar-refractivity contribution < 1.29 is 18.7 Å². The van der Waals surface area contributed by atoms with Gasteiger partial charge in [0.15, 0.2) is 18.2 Å². The molecule has 0 radical (unpaired) electrons. The average molecular weight is 461 g/mol. The molecule has 174 valence electrons. The lowest BCUT2D eigenvalue weighted by Crippen LogP contribution is -2.40. The number of likely N-dealkylation sites (tertiary alicyclic amines) is 1. The smallest absolute Gasteiger partial charge is 0.265 e. The molecule has 9 heteroatoms. The topological polar surface area (TPSA) is 90.9 Å². The summed E-state index contributed by atoms with van der Waals surface area (Å²) in [5, 5.41) is 9.30. The van der Waals surface area contributed by atoms with Gasteiger partial charge in [0, 0.05) is 32.1 Å². The lowest BCUT2D eigenvalue weighted by molar-refractivity contribution is -0.130. The fourth-order valence-electron chi connectivity index (χ4n) is 4.85. The number of carbonyl (C=O) groups excluding carboxylic acids is 2. The van der Waals surface area contributed by atoms with Crippen molar-refractivity contribution in [2.75, 3.05) is 24.6 Å². The number of hydrogen-bond acceptors (Lipinski definition) is 5. The van der Waals surface area contributed by atoms with Crippen molar-refractivity contribution in [1.82, 2.24) is 14.3 Å². The molecule has 0 N–H and O–H groups in total. The predicted molar refractivity (Wildman–Crippen MR) is 122 cm³/mol. The van der Waals surface area contributed by atoms with E-state index in [4.69, 9.17) is 4.74 Å². The first-order chi connectivity index (χ1) is 16.4. The second-order valence-electron chi connectivity index (χ2n) is 8.83. The Bertz CT molecular complexity index is 1360. The number of fused-ring (bicyclic) bond motifs is 2. The minimum Gasteiger partial charge on any atom is -0.478 e. The van der Waals surface area contributed by atoms with Crippen LogP contribution in [0, 0.1) is 24.1 Å². The Hall–Kier alpha value is -3.93. The largest absolute Gasteiger partial charge is 0.478 e. The number of nitriles is 1. The van der Waals surface area contributed by atoms with E-state index in [9.17, 15) is 14.9 Å². The van der Waals surface area contributed by atoms with Crippen LogP contribution in [-0.4, -0.2) is 45.8 Å². The molecular formula is C25H24FN5O3. The number of hydrogen-bond donors (Lipinski definition) is 0. The van der Waals surface area contributed by atoms with Gasteiger partial charge < -0.3 is 14.0 Å². The van der Waals surface area contributed by atoms with Crippen molar-refractivity contribution in [3.8, 4) is 11.8 Å². The van der Waals surface area contributed by atoms with Crippen molar-refractivity contribution in [1.29, 1.82) is 5.26 Å². The molecule has 0 saturated carbocycles. The number of ether oxygens (including phenoxy) is 1. The number of rotatable bonds is 3. The number of pyridine rings is 1. The minimum absolute atomic E-state index is 0.00286. The molecule has 0 aliphatic carbocycles. The van der Waals surface area contributed by atoms with Gasteiger partial charge >= 0.3 is 0 Å². The Balaban J connectivity index is 1.55. The van der Waals surface area contributed by atoms with Crippen LogP contribution in [-0.2, 0) is 16.1 Å². The van der Waals surface area contributed by atoms with Gasteiger partial charge in [-0.1, -0.05) is 0 Å². The Morgan fingerprint density at radius 2 is 2.18 bits per heavy atom. The average Bonchev–Trinajstić information content (AvgIpc) is 3.14. The van der Waals surface area contributed by atoms with Crippen LogP contribution in [0.2, 0.25) is 0 Å².